The van der Waals surface area contributed by atoms with E-state index in [9.17, 15) is 4.79 Å². The number of H-pyrrole nitrogens is 1. The number of rotatable bonds is 9. The average Bonchev–Trinajstić information content (AvgIpc) is 3.42. The number of hydrogen-bond donors (Lipinski definition) is 1. The smallest absolute Gasteiger partial charge is 0.290 e. The molecule has 0 aliphatic carbocycles. The molecule has 8 nitrogen and oxygen atoms in total. The van der Waals surface area contributed by atoms with Gasteiger partial charge in [0.05, 0.1) is 12.2 Å². The normalized spacial score (nSPS) is 11.4. The van der Waals surface area contributed by atoms with E-state index in [-0.39, 0.29) is 5.69 Å². The van der Waals surface area contributed by atoms with Crippen LogP contribution in [0.2, 0.25) is 5.15 Å². The maximum absolute atomic E-state index is 13.2. The Morgan fingerprint density at radius 3 is 2.58 bits per heavy atom. The van der Waals surface area contributed by atoms with Crippen LogP contribution in [0.3, 0.4) is 0 Å². The van der Waals surface area contributed by atoms with Crippen LogP contribution in [0, 0.1) is 5.92 Å². The third-order valence-corrected chi connectivity index (χ3v) is 5.97. The van der Waals surface area contributed by atoms with Gasteiger partial charge < -0.3 is 0 Å². The number of halogens is 1. The second-order valence-corrected chi connectivity index (χ2v) is 8.90. The molecular weight excluding hydrogens is 438 g/mol. The van der Waals surface area contributed by atoms with Crippen molar-refractivity contribution in [2.24, 2.45) is 5.92 Å². The van der Waals surface area contributed by atoms with Crippen molar-refractivity contribution in [3.8, 4) is 22.6 Å². The fraction of sp³-hybridized carbons (Fsp3) is 0.375. The van der Waals surface area contributed by atoms with E-state index in [0.29, 0.717) is 35.7 Å². The summed E-state index contributed by atoms with van der Waals surface area (Å²) in [5.74, 6) is 0.783. The molecule has 3 aromatic heterocycles. The van der Waals surface area contributed by atoms with Crippen LogP contribution in [-0.2, 0) is 19.5 Å². The Labute approximate surface area is 197 Å². The number of benzene rings is 1. The van der Waals surface area contributed by atoms with Gasteiger partial charge in [-0.2, -0.15) is 5.21 Å². The fourth-order valence-electron chi connectivity index (χ4n) is 3.93. The van der Waals surface area contributed by atoms with Gasteiger partial charge in [-0.3, -0.25) is 14.1 Å². The van der Waals surface area contributed by atoms with Crippen molar-refractivity contribution in [2.75, 3.05) is 0 Å². The second kappa shape index (κ2) is 10.1. The van der Waals surface area contributed by atoms with Gasteiger partial charge in [0.15, 0.2) is 0 Å². The fourth-order valence-corrected chi connectivity index (χ4v) is 4.27. The Bertz CT molecular complexity index is 1260. The van der Waals surface area contributed by atoms with E-state index < -0.39 is 0 Å². The first kappa shape index (κ1) is 22.9. The third-order valence-electron chi connectivity index (χ3n) is 5.55. The van der Waals surface area contributed by atoms with Gasteiger partial charge in [0.25, 0.3) is 0 Å². The van der Waals surface area contributed by atoms with Gasteiger partial charge in [0, 0.05) is 18.3 Å². The van der Waals surface area contributed by atoms with Crippen molar-refractivity contribution in [1.82, 2.24) is 34.7 Å². The molecule has 33 heavy (non-hydrogen) atoms. The number of tetrazole rings is 1. The summed E-state index contributed by atoms with van der Waals surface area (Å²) in [7, 11) is 0. The molecule has 172 valence electrons. The quantitative estimate of drug-likeness (QED) is 0.390. The summed E-state index contributed by atoms with van der Waals surface area (Å²) in [6.45, 7) is 7.41. The van der Waals surface area contributed by atoms with Crippen molar-refractivity contribution in [3.05, 3.63) is 69.5 Å². The van der Waals surface area contributed by atoms with E-state index in [1.54, 1.807) is 10.8 Å². The van der Waals surface area contributed by atoms with Gasteiger partial charge >= 0.3 is 5.69 Å². The molecule has 0 amide bonds. The van der Waals surface area contributed by atoms with Gasteiger partial charge in [-0.1, -0.05) is 69.1 Å². The van der Waals surface area contributed by atoms with E-state index in [0.717, 1.165) is 41.6 Å². The number of nitrogens with zero attached hydrogens (tertiary/aromatic N) is 6. The van der Waals surface area contributed by atoms with Crippen LogP contribution in [-0.4, -0.2) is 34.7 Å². The molecule has 0 aliphatic heterocycles. The summed E-state index contributed by atoms with van der Waals surface area (Å²) in [4.78, 5) is 17.6. The highest BCUT2D eigenvalue weighted by atomic mass is 35.5. The number of nitrogens with one attached hydrogen (secondary N) is 1. The van der Waals surface area contributed by atoms with Crippen molar-refractivity contribution in [3.63, 3.8) is 0 Å². The monoisotopic (exact) mass is 465 g/mol. The largest absolute Gasteiger partial charge is 0.329 e. The number of hydrogen-bond acceptors (Lipinski definition) is 5. The van der Waals surface area contributed by atoms with Gasteiger partial charge in [-0.25, -0.2) is 4.79 Å². The predicted molar refractivity (Wildman–Crippen MR) is 129 cm³/mol. The van der Waals surface area contributed by atoms with Crippen molar-refractivity contribution < 1.29 is 0 Å². The van der Waals surface area contributed by atoms with E-state index in [4.69, 9.17) is 11.6 Å². The van der Waals surface area contributed by atoms with E-state index in [1.165, 1.54) is 0 Å². The molecular formula is C24H28ClN7O. The highest BCUT2D eigenvalue weighted by molar-refractivity contribution is 6.30. The molecule has 4 rings (SSSR count). The molecule has 0 unspecified atom stereocenters. The third kappa shape index (κ3) is 4.90. The molecule has 0 bridgehead atoms. The van der Waals surface area contributed by atoms with Crippen molar-refractivity contribution >= 4 is 11.6 Å². The molecule has 0 aliphatic rings. The summed E-state index contributed by atoms with van der Waals surface area (Å²) < 4.78 is 3.53. The Hall–Kier alpha value is -3.26. The van der Waals surface area contributed by atoms with Crippen LogP contribution in [0.1, 0.15) is 44.9 Å². The maximum atomic E-state index is 13.2. The van der Waals surface area contributed by atoms with Crippen LogP contribution in [0.25, 0.3) is 22.6 Å². The molecule has 0 fully saturated rings. The average molecular weight is 466 g/mol. The molecule has 3 heterocycles. The van der Waals surface area contributed by atoms with Gasteiger partial charge in [-0.05, 0) is 41.2 Å². The van der Waals surface area contributed by atoms with Crippen LogP contribution in [0.5, 0.6) is 0 Å². The number of imidazole rings is 1. The number of unbranched alkanes of at least 4 members (excludes halogenated alkanes) is 1. The summed E-state index contributed by atoms with van der Waals surface area (Å²) >= 11 is 6.67. The van der Waals surface area contributed by atoms with Gasteiger partial charge in [0.1, 0.15) is 10.8 Å². The van der Waals surface area contributed by atoms with E-state index >= 15 is 0 Å². The molecule has 9 heteroatoms. The first-order chi connectivity index (χ1) is 16.0. The molecule has 0 saturated heterocycles. The predicted octanol–water partition coefficient (Wildman–Crippen LogP) is 4.59. The number of aromatic nitrogens is 7. The minimum atomic E-state index is -0.0458. The van der Waals surface area contributed by atoms with E-state index in [1.807, 2.05) is 41.0 Å². The zero-order chi connectivity index (χ0) is 23.4. The van der Waals surface area contributed by atoms with Crippen LogP contribution < -0.4 is 5.69 Å². The van der Waals surface area contributed by atoms with Crippen molar-refractivity contribution in [2.45, 2.75) is 53.1 Å². The molecule has 1 N–H and O–H groups in total. The van der Waals surface area contributed by atoms with Crippen molar-refractivity contribution in [1.29, 1.82) is 0 Å². The highest BCUT2D eigenvalue weighted by Crippen LogP contribution is 2.28. The Balaban J connectivity index is 1.65. The van der Waals surface area contributed by atoms with Crippen LogP contribution >= 0.6 is 11.6 Å². The minimum Gasteiger partial charge on any atom is -0.290 e. The summed E-state index contributed by atoms with van der Waals surface area (Å²) in [5, 5.41) is 14.8. The standard InChI is InChI=1S/C24H28ClN7O/c1-4-5-8-20-22(25)32(14-16(2)3)24(33)31(20)15-17-9-11-18(12-10-17)19-7-6-13-26-21(19)23-27-29-30-28-23/h6-7,9-13,16H,4-5,8,14-15H2,1-3H3,(H,27,28,29,30). The lowest BCUT2D eigenvalue weighted by Crippen LogP contribution is -2.27. The lowest BCUT2D eigenvalue weighted by Gasteiger charge is -2.10. The van der Waals surface area contributed by atoms with Crippen LogP contribution in [0.4, 0.5) is 0 Å². The first-order valence-corrected chi connectivity index (χ1v) is 11.6. The Kier molecular flexibility index (Phi) is 7.03. The Morgan fingerprint density at radius 1 is 1.12 bits per heavy atom. The van der Waals surface area contributed by atoms with Gasteiger partial charge in [-0.15, -0.1) is 10.2 Å². The number of aromatic amines is 1. The lowest BCUT2D eigenvalue weighted by atomic mass is 10.0. The zero-order valence-corrected chi connectivity index (χ0v) is 19.9. The molecule has 0 spiro atoms. The summed E-state index contributed by atoms with van der Waals surface area (Å²) in [5.41, 5.74) is 4.46. The SMILES string of the molecule is CCCCc1c(Cl)n(CC(C)C)c(=O)n1Cc1ccc(-c2cccnc2-c2nn[nH]n2)cc1. The highest BCUT2D eigenvalue weighted by Gasteiger charge is 2.19. The lowest BCUT2D eigenvalue weighted by molar-refractivity contribution is 0.504. The minimum absolute atomic E-state index is 0.0458. The molecule has 4 aromatic rings. The molecule has 0 atom stereocenters. The number of pyridine rings is 1. The zero-order valence-electron chi connectivity index (χ0n) is 19.1. The van der Waals surface area contributed by atoms with Crippen LogP contribution in [0.15, 0.2) is 47.4 Å². The molecule has 1 aromatic carbocycles. The maximum Gasteiger partial charge on any atom is 0.329 e. The summed E-state index contributed by atoms with van der Waals surface area (Å²) in [6, 6.07) is 12.0. The first-order valence-electron chi connectivity index (χ1n) is 11.3. The molecule has 0 saturated carbocycles. The Morgan fingerprint density at radius 2 is 1.91 bits per heavy atom. The van der Waals surface area contributed by atoms with E-state index in [2.05, 4.69) is 46.4 Å². The summed E-state index contributed by atoms with van der Waals surface area (Å²) in [6.07, 6.45) is 4.53. The molecule has 0 radical (unpaired) electrons. The topological polar surface area (TPSA) is 94.3 Å². The second-order valence-electron chi connectivity index (χ2n) is 8.55. The van der Waals surface area contributed by atoms with Gasteiger partial charge in [0.2, 0.25) is 5.82 Å².